The Balaban J connectivity index is 1.77. The third kappa shape index (κ3) is 4.88. The van der Waals surface area contributed by atoms with Crippen LogP contribution in [0.1, 0.15) is 42.2 Å². The molecule has 1 unspecified atom stereocenters. The molecular weight excluding hydrogens is 360 g/mol. The molecule has 2 amide bonds. The van der Waals surface area contributed by atoms with Crippen LogP contribution in [0, 0.1) is 0 Å². The van der Waals surface area contributed by atoms with E-state index in [-0.39, 0.29) is 36.9 Å². The van der Waals surface area contributed by atoms with Crippen molar-refractivity contribution in [1.82, 2.24) is 5.32 Å². The van der Waals surface area contributed by atoms with Gasteiger partial charge in [0.1, 0.15) is 5.75 Å². The van der Waals surface area contributed by atoms with Gasteiger partial charge in [-0.05, 0) is 37.6 Å². The predicted molar refractivity (Wildman–Crippen MR) is 103 cm³/mol. The topological polar surface area (TPSA) is 93.7 Å². The van der Waals surface area contributed by atoms with Crippen molar-refractivity contribution in [3.8, 4) is 5.75 Å². The summed E-state index contributed by atoms with van der Waals surface area (Å²) in [6, 6.07) is 13.5. The highest BCUT2D eigenvalue weighted by Crippen LogP contribution is 2.29. The van der Waals surface area contributed by atoms with Gasteiger partial charge in [-0.2, -0.15) is 0 Å². The van der Waals surface area contributed by atoms with Gasteiger partial charge >= 0.3 is 5.97 Å². The van der Waals surface area contributed by atoms with E-state index >= 15 is 0 Å². The summed E-state index contributed by atoms with van der Waals surface area (Å²) in [6.45, 7) is 3.46. The number of ether oxygens (including phenoxy) is 2. The van der Waals surface area contributed by atoms with E-state index in [1.165, 1.54) is 0 Å². The highest BCUT2D eigenvalue weighted by Gasteiger charge is 2.22. The van der Waals surface area contributed by atoms with Crippen molar-refractivity contribution in [2.75, 3.05) is 11.9 Å². The molecule has 1 atom stereocenters. The van der Waals surface area contributed by atoms with Crippen LogP contribution in [0.15, 0.2) is 48.5 Å². The average molecular weight is 382 g/mol. The van der Waals surface area contributed by atoms with Crippen LogP contribution in [0.3, 0.4) is 0 Å². The molecule has 2 N–H and O–H groups in total. The van der Waals surface area contributed by atoms with Gasteiger partial charge in [-0.3, -0.25) is 14.4 Å². The van der Waals surface area contributed by atoms with Crippen molar-refractivity contribution in [3.05, 3.63) is 59.7 Å². The Morgan fingerprint density at radius 3 is 2.64 bits per heavy atom. The summed E-state index contributed by atoms with van der Waals surface area (Å²) in [6.07, 6.45) is -0.210. The zero-order valence-electron chi connectivity index (χ0n) is 15.7. The van der Waals surface area contributed by atoms with Gasteiger partial charge < -0.3 is 20.1 Å². The average Bonchev–Trinajstić information content (AvgIpc) is 2.67. The first kappa shape index (κ1) is 19.4. The highest BCUT2D eigenvalue weighted by atomic mass is 16.5. The Morgan fingerprint density at radius 2 is 1.93 bits per heavy atom. The van der Waals surface area contributed by atoms with Gasteiger partial charge in [-0.15, -0.1) is 0 Å². The lowest BCUT2D eigenvalue weighted by molar-refractivity contribution is -0.148. The fraction of sp³-hybridized carbons (Fsp3) is 0.286. The van der Waals surface area contributed by atoms with Crippen molar-refractivity contribution < 1.29 is 23.9 Å². The molecule has 0 saturated carbocycles. The van der Waals surface area contributed by atoms with Crippen LogP contribution in [0.5, 0.6) is 5.75 Å². The van der Waals surface area contributed by atoms with Gasteiger partial charge in [-0.25, -0.2) is 0 Å². The molecule has 2 aromatic rings. The van der Waals surface area contributed by atoms with E-state index in [0.29, 0.717) is 17.0 Å². The standard InChI is InChI=1S/C21H22N2O5/c1-13(2)28-20(25)11-17(14-6-4-3-5-7-14)23-21(26)15-8-9-16-18(10-15)27-12-19(24)22-16/h3-10,13,17H,11-12H2,1-2H3,(H,22,24)(H,23,26). The molecule has 2 aromatic carbocycles. The Kier molecular flexibility index (Phi) is 5.93. The monoisotopic (exact) mass is 382 g/mol. The van der Waals surface area contributed by atoms with E-state index < -0.39 is 6.04 Å². The van der Waals surface area contributed by atoms with Crippen LogP contribution < -0.4 is 15.4 Å². The summed E-state index contributed by atoms with van der Waals surface area (Å²) in [5.74, 6) is -0.546. The summed E-state index contributed by atoms with van der Waals surface area (Å²) in [5, 5.41) is 5.57. The number of amides is 2. The Labute approximate surface area is 163 Å². The summed E-state index contributed by atoms with van der Waals surface area (Å²) < 4.78 is 10.6. The number of carbonyl (C=O) groups is 3. The Bertz CT molecular complexity index is 880. The first-order valence-corrected chi connectivity index (χ1v) is 9.04. The molecule has 1 heterocycles. The molecule has 0 radical (unpaired) electrons. The number of hydrogen-bond donors (Lipinski definition) is 2. The predicted octanol–water partition coefficient (Wildman–Crippen LogP) is 2.83. The molecule has 1 aliphatic rings. The SMILES string of the molecule is CC(C)OC(=O)CC(NC(=O)c1ccc2c(c1)OCC(=O)N2)c1ccccc1. The first-order valence-electron chi connectivity index (χ1n) is 9.04. The summed E-state index contributed by atoms with van der Waals surface area (Å²) in [7, 11) is 0. The van der Waals surface area contributed by atoms with E-state index in [4.69, 9.17) is 9.47 Å². The maximum Gasteiger partial charge on any atom is 0.308 e. The van der Waals surface area contributed by atoms with Crippen molar-refractivity contribution in [1.29, 1.82) is 0 Å². The summed E-state index contributed by atoms with van der Waals surface area (Å²) in [4.78, 5) is 36.3. The van der Waals surface area contributed by atoms with Crippen LogP contribution in [0.2, 0.25) is 0 Å². The van der Waals surface area contributed by atoms with Crippen LogP contribution in [0.25, 0.3) is 0 Å². The minimum atomic E-state index is -0.531. The minimum Gasteiger partial charge on any atom is -0.482 e. The first-order chi connectivity index (χ1) is 13.4. The number of benzene rings is 2. The quantitative estimate of drug-likeness (QED) is 0.750. The van der Waals surface area contributed by atoms with Crippen molar-refractivity contribution in [3.63, 3.8) is 0 Å². The highest BCUT2D eigenvalue weighted by molar-refractivity contribution is 5.99. The van der Waals surface area contributed by atoms with Gasteiger partial charge in [-0.1, -0.05) is 30.3 Å². The fourth-order valence-electron chi connectivity index (χ4n) is 2.87. The largest absolute Gasteiger partial charge is 0.482 e. The van der Waals surface area contributed by atoms with Crippen LogP contribution >= 0.6 is 0 Å². The number of carbonyl (C=O) groups excluding carboxylic acids is 3. The zero-order chi connectivity index (χ0) is 20.1. The summed E-state index contributed by atoms with van der Waals surface area (Å²) in [5.41, 5.74) is 1.69. The molecule has 0 spiro atoms. The minimum absolute atomic E-state index is 0.0193. The van der Waals surface area contributed by atoms with E-state index in [1.54, 1.807) is 32.0 Å². The molecule has 28 heavy (non-hydrogen) atoms. The number of hydrogen-bond acceptors (Lipinski definition) is 5. The molecule has 1 aliphatic heterocycles. The molecule has 0 aromatic heterocycles. The number of rotatable bonds is 6. The molecule has 0 saturated heterocycles. The molecule has 7 heteroatoms. The second kappa shape index (κ2) is 8.56. The number of nitrogens with one attached hydrogen (secondary N) is 2. The van der Waals surface area contributed by atoms with Gasteiger partial charge in [0, 0.05) is 5.56 Å². The lowest BCUT2D eigenvalue weighted by Crippen LogP contribution is -2.31. The van der Waals surface area contributed by atoms with Crippen LogP contribution in [0.4, 0.5) is 5.69 Å². The fourth-order valence-corrected chi connectivity index (χ4v) is 2.87. The van der Waals surface area contributed by atoms with Crippen molar-refractivity contribution in [2.24, 2.45) is 0 Å². The van der Waals surface area contributed by atoms with E-state index in [1.807, 2.05) is 30.3 Å². The number of anilines is 1. The van der Waals surface area contributed by atoms with Gasteiger partial charge in [0.05, 0.1) is 24.3 Å². The molecular formula is C21H22N2O5. The van der Waals surface area contributed by atoms with Crippen molar-refractivity contribution in [2.45, 2.75) is 32.4 Å². The Morgan fingerprint density at radius 1 is 1.18 bits per heavy atom. The smallest absolute Gasteiger partial charge is 0.308 e. The zero-order valence-corrected chi connectivity index (χ0v) is 15.7. The summed E-state index contributed by atoms with van der Waals surface area (Å²) >= 11 is 0. The van der Waals surface area contributed by atoms with Gasteiger partial charge in [0.25, 0.3) is 11.8 Å². The van der Waals surface area contributed by atoms with E-state index in [2.05, 4.69) is 10.6 Å². The number of fused-ring (bicyclic) bond motifs is 1. The van der Waals surface area contributed by atoms with E-state index in [0.717, 1.165) is 5.56 Å². The molecule has 146 valence electrons. The third-order valence-electron chi connectivity index (χ3n) is 4.12. The maximum atomic E-state index is 12.8. The van der Waals surface area contributed by atoms with Gasteiger partial charge in [0.15, 0.2) is 6.61 Å². The van der Waals surface area contributed by atoms with Crippen molar-refractivity contribution >= 4 is 23.5 Å². The van der Waals surface area contributed by atoms with Crippen LogP contribution in [-0.2, 0) is 14.3 Å². The lowest BCUT2D eigenvalue weighted by Gasteiger charge is -2.21. The maximum absolute atomic E-state index is 12.8. The second-order valence-electron chi connectivity index (χ2n) is 6.73. The Hall–Kier alpha value is -3.35. The normalized spacial score (nSPS) is 13.8. The molecule has 3 rings (SSSR count). The lowest BCUT2D eigenvalue weighted by atomic mass is 10.0. The third-order valence-corrected chi connectivity index (χ3v) is 4.12. The van der Waals surface area contributed by atoms with Crippen LogP contribution in [-0.4, -0.2) is 30.5 Å². The molecule has 0 aliphatic carbocycles. The molecule has 7 nitrogen and oxygen atoms in total. The molecule has 0 fully saturated rings. The van der Waals surface area contributed by atoms with E-state index in [9.17, 15) is 14.4 Å². The number of esters is 1. The van der Waals surface area contributed by atoms with Gasteiger partial charge in [0.2, 0.25) is 0 Å². The molecule has 0 bridgehead atoms. The second-order valence-corrected chi connectivity index (χ2v) is 6.73.